The Kier molecular flexibility index (Phi) is 5.72. The standard InChI is InChI=1S/C13H22N4OS/c1-19-9-11(4-7-18)16-12-8-13(15-10-14-12)17-5-2-3-6-17/h8,10-11,18H,2-7,9H2,1H3,(H,14,15,16). The van der Waals surface area contributed by atoms with Crippen molar-refractivity contribution in [3.63, 3.8) is 0 Å². The molecule has 1 aliphatic heterocycles. The summed E-state index contributed by atoms with van der Waals surface area (Å²) in [5.41, 5.74) is 0. The van der Waals surface area contributed by atoms with Gasteiger partial charge in [0.25, 0.3) is 0 Å². The molecule has 1 aliphatic rings. The first-order valence-electron chi connectivity index (χ1n) is 6.77. The van der Waals surface area contributed by atoms with Crippen LogP contribution >= 0.6 is 11.8 Å². The number of hydrogen-bond acceptors (Lipinski definition) is 6. The van der Waals surface area contributed by atoms with Crippen LogP contribution in [-0.2, 0) is 0 Å². The molecule has 0 saturated carbocycles. The molecule has 1 saturated heterocycles. The third kappa shape index (κ3) is 4.24. The Labute approximate surface area is 118 Å². The number of rotatable bonds is 7. The molecule has 0 bridgehead atoms. The fourth-order valence-corrected chi connectivity index (χ4v) is 2.96. The van der Waals surface area contributed by atoms with Crippen molar-refractivity contribution in [3.05, 3.63) is 12.4 Å². The Morgan fingerprint density at radius 3 is 2.89 bits per heavy atom. The monoisotopic (exact) mass is 282 g/mol. The second-order valence-electron chi connectivity index (χ2n) is 4.76. The zero-order valence-electron chi connectivity index (χ0n) is 11.4. The molecule has 1 aromatic rings. The smallest absolute Gasteiger partial charge is 0.134 e. The summed E-state index contributed by atoms with van der Waals surface area (Å²) >= 11 is 1.77. The molecular weight excluding hydrogens is 260 g/mol. The highest BCUT2D eigenvalue weighted by molar-refractivity contribution is 7.98. The molecule has 0 radical (unpaired) electrons. The lowest BCUT2D eigenvalue weighted by Crippen LogP contribution is -2.25. The maximum atomic E-state index is 9.08. The van der Waals surface area contributed by atoms with E-state index in [1.165, 1.54) is 12.8 Å². The molecule has 2 N–H and O–H groups in total. The summed E-state index contributed by atoms with van der Waals surface area (Å²) in [6.07, 6.45) is 6.91. The van der Waals surface area contributed by atoms with E-state index in [4.69, 9.17) is 5.11 Å². The highest BCUT2D eigenvalue weighted by Gasteiger charge is 2.15. The maximum Gasteiger partial charge on any atom is 0.134 e. The number of nitrogens with zero attached hydrogens (tertiary/aromatic N) is 3. The van der Waals surface area contributed by atoms with Crippen LogP contribution in [0.3, 0.4) is 0 Å². The van der Waals surface area contributed by atoms with Crippen LogP contribution in [0.5, 0.6) is 0 Å². The van der Waals surface area contributed by atoms with Crippen LogP contribution in [0, 0.1) is 0 Å². The maximum absolute atomic E-state index is 9.08. The minimum absolute atomic E-state index is 0.197. The van der Waals surface area contributed by atoms with Gasteiger partial charge in [0, 0.05) is 37.6 Å². The van der Waals surface area contributed by atoms with Gasteiger partial charge in [-0.15, -0.1) is 0 Å². The van der Waals surface area contributed by atoms with Crippen LogP contribution in [0.4, 0.5) is 11.6 Å². The van der Waals surface area contributed by atoms with E-state index < -0.39 is 0 Å². The molecule has 2 heterocycles. The van der Waals surface area contributed by atoms with Gasteiger partial charge in [0.15, 0.2) is 0 Å². The largest absolute Gasteiger partial charge is 0.396 e. The second-order valence-corrected chi connectivity index (χ2v) is 5.68. The molecule has 6 heteroatoms. The van der Waals surface area contributed by atoms with Crippen LogP contribution in [0.15, 0.2) is 12.4 Å². The number of aliphatic hydroxyl groups excluding tert-OH is 1. The number of aliphatic hydroxyl groups is 1. The Morgan fingerprint density at radius 2 is 2.21 bits per heavy atom. The summed E-state index contributed by atoms with van der Waals surface area (Å²) in [7, 11) is 0. The molecule has 106 valence electrons. The first-order chi connectivity index (χ1) is 9.33. The molecule has 1 fully saturated rings. The van der Waals surface area contributed by atoms with E-state index >= 15 is 0 Å². The Morgan fingerprint density at radius 1 is 1.42 bits per heavy atom. The summed E-state index contributed by atoms with van der Waals surface area (Å²) < 4.78 is 0. The van der Waals surface area contributed by atoms with Gasteiger partial charge < -0.3 is 15.3 Å². The molecule has 5 nitrogen and oxygen atoms in total. The molecule has 0 amide bonds. The first-order valence-corrected chi connectivity index (χ1v) is 8.16. The molecule has 1 atom stereocenters. The number of anilines is 2. The van der Waals surface area contributed by atoms with Gasteiger partial charge in [0.05, 0.1) is 0 Å². The molecular formula is C13H22N4OS. The van der Waals surface area contributed by atoms with E-state index in [-0.39, 0.29) is 12.6 Å². The van der Waals surface area contributed by atoms with Gasteiger partial charge in [-0.1, -0.05) is 0 Å². The van der Waals surface area contributed by atoms with Crippen molar-refractivity contribution in [3.8, 4) is 0 Å². The fraction of sp³-hybridized carbons (Fsp3) is 0.692. The number of aromatic nitrogens is 2. The number of hydrogen-bond donors (Lipinski definition) is 2. The Hall–Kier alpha value is -1.01. The average molecular weight is 282 g/mol. The van der Waals surface area contributed by atoms with E-state index in [2.05, 4.69) is 26.4 Å². The zero-order valence-corrected chi connectivity index (χ0v) is 12.2. The van der Waals surface area contributed by atoms with Gasteiger partial charge in [-0.2, -0.15) is 11.8 Å². The van der Waals surface area contributed by atoms with Gasteiger partial charge >= 0.3 is 0 Å². The minimum Gasteiger partial charge on any atom is -0.396 e. The van der Waals surface area contributed by atoms with Crippen LogP contribution in [0.25, 0.3) is 0 Å². The molecule has 1 aromatic heterocycles. The molecule has 0 aromatic carbocycles. The third-order valence-electron chi connectivity index (χ3n) is 3.28. The Balaban J connectivity index is 2.00. The SMILES string of the molecule is CSCC(CCO)Nc1cc(N2CCCC2)ncn1. The average Bonchev–Trinajstić information content (AvgIpc) is 2.93. The zero-order chi connectivity index (χ0) is 13.5. The van der Waals surface area contributed by atoms with Crippen molar-refractivity contribution in [2.24, 2.45) is 0 Å². The fourth-order valence-electron chi connectivity index (χ4n) is 2.31. The summed E-state index contributed by atoms with van der Waals surface area (Å²) in [5, 5.41) is 12.5. The highest BCUT2D eigenvalue weighted by Crippen LogP contribution is 2.20. The lowest BCUT2D eigenvalue weighted by molar-refractivity contribution is 0.282. The lowest BCUT2D eigenvalue weighted by atomic mass is 10.2. The quantitative estimate of drug-likeness (QED) is 0.792. The Bertz CT molecular complexity index is 379. The van der Waals surface area contributed by atoms with E-state index in [0.29, 0.717) is 0 Å². The third-order valence-corrected chi connectivity index (χ3v) is 4.02. The number of nitrogens with one attached hydrogen (secondary N) is 1. The number of thioether (sulfide) groups is 1. The molecule has 2 rings (SSSR count). The van der Waals surface area contributed by atoms with Crippen molar-refractivity contribution in [2.75, 3.05) is 41.9 Å². The van der Waals surface area contributed by atoms with Crippen molar-refractivity contribution in [1.82, 2.24) is 9.97 Å². The molecule has 1 unspecified atom stereocenters. The lowest BCUT2D eigenvalue weighted by Gasteiger charge is -2.20. The highest BCUT2D eigenvalue weighted by atomic mass is 32.2. The van der Waals surface area contributed by atoms with Gasteiger partial charge in [0.2, 0.25) is 0 Å². The molecule has 19 heavy (non-hydrogen) atoms. The molecule has 0 spiro atoms. The summed E-state index contributed by atoms with van der Waals surface area (Å²) in [5.74, 6) is 2.81. The van der Waals surface area contributed by atoms with Gasteiger partial charge in [-0.05, 0) is 25.5 Å². The van der Waals surface area contributed by atoms with E-state index in [0.717, 1.165) is 36.9 Å². The predicted molar refractivity (Wildman–Crippen MR) is 81.0 cm³/mol. The van der Waals surface area contributed by atoms with Crippen molar-refractivity contribution in [1.29, 1.82) is 0 Å². The van der Waals surface area contributed by atoms with Crippen LogP contribution in [0.2, 0.25) is 0 Å². The first kappa shape index (κ1) is 14.4. The van der Waals surface area contributed by atoms with Crippen molar-refractivity contribution < 1.29 is 5.11 Å². The normalized spacial score (nSPS) is 16.6. The predicted octanol–water partition coefficient (Wildman–Crippen LogP) is 1.60. The van der Waals surface area contributed by atoms with Crippen LogP contribution < -0.4 is 10.2 Å². The van der Waals surface area contributed by atoms with E-state index in [1.807, 2.05) is 6.07 Å². The minimum atomic E-state index is 0.197. The van der Waals surface area contributed by atoms with Crippen molar-refractivity contribution in [2.45, 2.75) is 25.3 Å². The van der Waals surface area contributed by atoms with Crippen molar-refractivity contribution >= 4 is 23.4 Å². The summed E-state index contributed by atoms with van der Waals surface area (Å²) in [6, 6.07) is 2.26. The summed E-state index contributed by atoms with van der Waals surface area (Å²) in [6.45, 7) is 2.37. The van der Waals surface area contributed by atoms with E-state index in [1.54, 1.807) is 18.1 Å². The topological polar surface area (TPSA) is 61.3 Å². The van der Waals surface area contributed by atoms with Gasteiger partial charge in [-0.3, -0.25) is 0 Å². The van der Waals surface area contributed by atoms with E-state index in [9.17, 15) is 0 Å². The summed E-state index contributed by atoms with van der Waals surface area (Å²) in [4.78, 5) is 10.9. The molecule has 0 aliphatic carbocycles. The van der Waals surface area contributed by atoms with Crippen LogP contribution in [0.1, 0.15) is 19.3 Å². The van der Waals surface area contributed by atoms with Gasteiger partial charge in [0.1, 0.15) is 18.0 Å². The van der Waals surface area contributed by atoms with Crippen LogP contribution in [-0.4, -0.2) is 52.8 Å². The van der Waals surface area contributed by atoms with Gasteiger partial charge in [-0.25, -0.2) is 9.97 Å². The second kappa shape index (κ2) is 7.55.